The fourth-order valence-corrected chi connectivity index (χ4v) is 0.499. The van der Waals surface area contributed by atoms with Crippen molar-refractivity contribution in [2.45, 2.75) is 19.2 Å². The fraction of sp³-hybridized carbons (Fsp3) is 0.571. The van der Waals surface area contributed by atoms with Gasteiger partial charge in [0.1, 0.15) is 0 Å². The Morgan fingerprint density at radius 3 is 2.50 bits per heavy atom. The lowest BCUT2D eigenvalue weighted by Gasteiger charge is -2.14. The molecule has 0 spiro atoms. The van der Waals surface area contributed by atoms with Crippen molar-refractivity contribution in [3.8, 4) is 0 Å². The number of rotatable bonds is 3. The molecule has 0 rings (SSSR count). The molecule has 2 nitrogen and oxygen atoms in total. The van der Waals surface area contributed by atoms with E-state index in [1.807, 2.05) is 13.8 Å². The highest BCUT2D eigenvalue weighted by Gasteiger charge is 2.08. The number of nitrogens with one attached hydrogen (secondary N) is 1. The van der Waals surface area contributed by atoms with Gasteiger partial charge in [0.2, 0.25) is 5.91 Å². The lowest BCUT2D eigenvalue weighted by atomic mass is 10.2. The first-order chi connectivity index (χ1) is 4.57. The van der Waals surface area contributed by atoms with Crippen LogP contribution in [0.2, 0.25) is 0 Å². The summed E-state index contributed by atoms with van der Waals surface area (Å²) in [6.45, 7) is 7.30. The van der Waals surface area contributed by atoms with E-state index in [1.54, 1.807) is 0 Å². The highest BCUT2D eigenvalue weighted by Crippen LogP contribution is 2.04. The van der Waals surface area contributed by atoms with Gasteiger partial charge in [0.25, 0.3) is 0 Å². The van der Waals surface area contributed by atoms with Crippen molar-refractivity contribution in [1.82, 2.24) is 5.32 Å². The summed E-state index contributed by atoms with van der Waals surface area (Å²) >= 11 is 4.14. The van der Waals surface area contributed by atoms with Crippen molar-refractivity contribution >= 4 is 18.5 Å². The van der Waals surface area contributed by atoms with Gasteiger partial charge in [-0.3, -0.25) is 4.79 Å². The van der Waals surface area contributed by atoms with Crippen molar-refractivity contribution in [1.29, 1.82) is 0 Å². The van der Waals surface area contributed by atoms with Crippen molar-refractivity contribution in [2.24, 2.45) is 5.92 Å². The molecule has 0 aliphatic heterocycles. The van der Waals surface area contributed by atoms with Gasteiger partial charge in [0.05, 0.1) is 5.37 Å². The zero-order valence-electron chi connectivity index (χ0n) is 6.29. The molecule has 0 fully saturated rings. The molecule has 1 N–H and O–H groups in total. The summed E-state index contributed by atoms with van der Waals surface area (Å²) in [7, 11) is 0. The van der Waals surface area contributed by atoms with Crippen molar-refractivity contribution in [3.63, 3.8) is 0 Å². The molecule has 1 amide bonds. The Morgan fingerprint density at radius 2 is 2.20 bits per heavy atom. The van der Waals surface area contributed by atoms with Crippen molar-refractivity contribution < 1.29 is 4.79 Å². The molecule has 0 aliphatic rings. The normalized spacial score (nSPS) is 12.8. The third-order valence-electron chi connectivity index (χ3n) is 1.11. The maximum atomic E-state index is 10.6. The van der Waals surface area contributed by atoms with E-state index in [-0.39, 0.29) is 11.3 Å². The monoisotopic (exact) mass is 159 g/mol. The van der Waals surface area contributed by atoms with Crippen molar-refractivity contribution in [2.75, 3.05) is 0 Å². The topological polar surface area (TPSA) is 29.1 Å². The van der Waals surface area contributed by atoms with E-state index in [4.69, 9.17) is 0 Å². The third-order valence-corrected chi connectivity index (χ3v) is 1.83. The molecule has 3 heteroatoms. The molecule has 0 saturated heterocycles. The summed E-state index contributed by atoms with van der Waals surface area (Å²) in [5.41, 5.74) is 0. The van der Waals surface area contributed by atoms with Crippen LogP contribution in [0.1, 0.15) is 13.8 Å². The Bertz CT molecular complexity index is 134. The first-order valence-corrected chi connectivity index (χ1v) is 3.70. The van der Waals surface area contributed by atoms with Gasteiger partial charge in [0, 0.05) is 0 Å². The predicted molar refractivity (Wildman–Crippen MR) is 46.0 cm³/mol. The van der Waals surface area contributed by atoms with Crippen LogP contribution < -0.4 is 5.32 Å². The Kier molecular flexibility index (Phi) is 4.19. The summed E-state index contributed by atoms with van der Waals surface area (Å²) in [4.78, 5) is 10.6. The van der Waals surface area contributed by atoms with Gasteiger partial charge >= 0.3 is 0 Å². The average molecular weight is 159 g/mol. The molecule has 0 aromatic heterocycles. The number of hydrogen-bond donors (Lipinski definition) is 2. The predicted octanol–water partition coefficient (Wildman–Crippen LogP) is 1.20. The van der Waals surface area contributed by atoms with Gasteiger partial charge in [-0.25, -0.2) is 0 Å². The van der Waals surface area contributed by atoms with E-state index in [9.17, 15) is 4.79 Å². The second-order valence-corrected chi connectivity index (χ2v) is 2.96. The molecule has 0 heterocycles. The summed E-state index contributed by atoms with van der Waals surface area (Å²) in [5.74, 6) is 0.168. The Labute approximate surface area is 67.1 Å². The largest absolute Gasteiger partial charge is 0.341 e. The third kappa shape index (κ3) is 3.56. The molecule has 0 aromatic rings. The van der Waals surface area contributed by atoms with Gasteiger partial charge in [-0.2, -0.15) is 12.6 Å². The number of carbonyl (C=O) groups excluding carboxylic acids is 1. The molecule has 0 bridgehead atoms. The molecule has 58 valence electrons. The molecule has 0 radical (unpaired) electrons. The second kappa shape index (κ2) is 4.39. The molecule has 1 atom stereocenters. The van der Waals surface area contributed by atoms with E-state index >= 15 is 0 Å². The van der Waals surface area contributed by atoms with Crippen LogP contribution in [0.15, 0.2) is 12.7 Å². The number of hydrogen-bond acceptors (Lipinski definition) is 2. The molecule has 0 aromatic carbocycles. The van der Waals surface area contributed by atoms with Crippen LogP contribution in [0.4, 0.5) is 0 Å². The van der Waals surface area contributed by atoms with E-state index in [1.165, 1.54) is 6.08 Å². The van der Waals surface area contributed by atoms with Gasteiger partial charge in [-0.15, -0.1) is 0 Å². The Balaban J connectivity index is 3.67. The van der Waals surface area contributed by atoms with Gasteiger partial charge in [-0.05, 0) is 12.0 Å². The van der Waals surface area contributed by atoms with Crippen LogP contribution in [-0.2, 0) is 4.79 Å². The zero-order valence-corrected chi connectivity index (χ0v) is 7.19. The molecule has 0 saturated carbocycles. The van der Waals surface area contributed by atoms with E-state index in [2.05, 4.69) is 24.5 Å². The minimum absolute atomic E-state index is 0.0782. The van der Waals surface area contributed by atoms with Crippen LogP contribution in [0, 0.1) is 5.92 Å². The maximum Gasteiger partial charge on any atom is 0.244 e. The molecular formula is C7H13NOS. The van der Waals surface area contributed by atoms with E-state index in [0.29, 0.717) is 5.92 Å². The van der Waals surface area contributed by atoms with Crippen LogP contribution in [-0.4, -0.2) is 11.3 Å². The number of thiol groups is 1. The molecular weight excluding hydrogens is 146 g/mol. The molecule has 1 unspecified atom stereocenters. The minimum Gasteiger partial charge on any atom is -0.341 e. The number of carbonyl (C=O) groups is 1. The molecule has 0 aliphatic carbocycles. The highest BCUT2D eigenvalue weighted by atomic mass is 32.1. The highest BCUT2D eigenvalue weighted by molar-refractivity contribution is 7.80. The zero-order chi connectivity index (χ0) is 8.15. The second-order valence-electron chi connectivity index (χ2n) is 2.40. The summed E-state index contributed by atoms with van der Waals surface area (Å²) in [6, 6.07) is 0. The minimum atomic E-state index is -0.173. The Hall–Kier alpha value is -0.440. The lowest BCUT2D eigenvalue weighted by molar-refractivity contribution is -0.116. The Morgan fingerprint density at radius 1 is 1.70 bits per heavy atom. The summed E-state index contributed by atoms with van der Waals surface area (Å²) in [5, 5.41) is 2.56. The van der Waals surface area contributed by atoms with Crippen LogP contribution in [0.3, 0.4) is 0 Å². The van der Waals surface area contributed by atoms with Crippen LogP contribution in [0.5, 0.6) is 0 Å². The van der Waals surface area contributed by atoms with Crippen molar-refractivity contribution in [3.05, 3.63) is 12.7 Å². The van der Waals surface area contributed by atoms with Gasteiger partial charge < -0.3 is 5.32 Å². The summed E-state index contributed by atoms with van der Waals surface area (Å²) in [6.07, 6.45) is 1.24. The van der Waals surface area contributed by atoms with Gasteiger partial charge in [-0.1, -0.05) is 20.4 Å². The van der Waals surface area contributed by atoms with Crippen LogP contribution in [0.25, 0.3) is 0 Å². The number of amides is 1. The van der Waals surface area contributed by atoms with E-state index < -0.39 is 0 Å². The lowest BCUT2D eigenvalue weighted by Crippen LogP contribution is -2.32. The quantitative estimate of drug-likeness (QED) is 0.361. The van der Waals surface area contributed by atoms with Gasteiger partial charge in [0.15, 0.2) is 0 Å². The van der Waals surface area contributed by atoms with Crippen LogP contribution >= 0.6 is 12.6 Å². The first kappa shape index (κ1) is 9.56. The average Bonchev–Trinajstić information content (AvgIpc) is 1.87. The smallest absolute Gasteiger partial charge is 0.244 e. The summed E-state index contributed by atoms with van der Waals surface area (Å²) < 4.78 is 0. The fourth-order valence-electron chi connectivity index (χ4n) is 0.371. The first-order valence-electron chi connectivity index (χ1n) is 3.19. The molecule has 10 heavy (non-hydrogen) atoms. The van der Waals surface area contributed by atoms with E-state index in [0.717, 1.165) is 0 Å². The standard InChI is InChI=1S/C7H13NOS/c1-4-6(9)8-7(10)5(2)3/h4-5,7,10H,1H2,2-3H3,(H,8,9). The maximum absolute atomic E-state index is 10.6. The SMILES string of the molecule is C=CC(=O)NC(S)C(C)C.